The first-order valence-corrected chi connectivity index (χ1v) is 12.9. The molecule has 0 radical (unpaired) electrons. The Morgan fingerprint density at radius 3 is 1.79 bits per heavy atom. The van der Waals surface area contributed by atoms with Gasteiger partial charge in [0.1, 0.15) is 0 Å². The van der Waals surface area contributed by atoms with Crippen LogP contribution in [0.5, 0.6) is 0 Å². The highest BCUT2D eigenvalue weighted by molar-refractivity contribution is 6.23. The summed E-state index contributed by atoms with van der Waals surface area (Å²) in [6, 6.07) is 0. The number of carbonyl (C=O) groups excluding carboxylic acids is 2. The molecule has 1 rings (SSSR count). The van der Waals surface area contributed by atoms with Crippen LogP contribution in [0.2, 0.25) is 0 Å². The van der Waals surface area contributed by atoms with Crippen LogP contribution in [0.4, 0.5) is 0 Å². The Hall–Kier alpha value is -1.84. The summed E-state index contributed by atoms with van der Waals surface area (Å²) in [6.07, 6.45) is 14.1. The molecule has 0 heterocycles. The van der Waals surface area contributed by atoms with Crippen molar-refractivity contribution in [3.63, 3.8) is 0 Å². The van der Waals surface area contributed by atoms with Gasteiger partial charge in [-0.05, 0) is 50.9 Å². The van der Waals surface area contributed by atoms with Gasteiger partial charge in [-0.1, -0.05) is 84.3 Å². The van der Waals surface area contributed by atoms with E-state index in [1.807, 2.05) is 0 Å². The molecule has 33 heavy (non-hydrogen) atoms. The molecule has 0 aromatic carbocycles. The lowest BCUT2D eigenvalue weighted by atomic mass is 9.90. The van der Waals surface area contributed by atoms with E-state index in [-0.39, 0.29) is 23.1 Å². The van der Waals surface area contributed by atoms with Gasteiger partial charge in [-0.3, -0.25) is 9.59 Å². The molecule has 188 valence electrons. The molecule has 0 fully saturated rings. The second-order valence-electron chi connectivity index (χ2n) is 10.4. The lowest BCUT2D eigenvalue weighted by molar-refractivity contribution is -0.121. The molecule has 0 aromatic rings. The van der Waals surface area contributed by atoms with Gasteiger partial charge in [0.15, 0.2) is 0 Å². The molecule has 0 saturated carbocycles. The summed E-state index contributed by atoms with van der Waals surface area (Å²) in [5.74, 6) is 1.93. The predicted octanol–water partition coefficient (Wildman–Crippen LogP) is 7.73. The Kier molecular flexibility index (Phi) is 13.4. The van der Waals surface area contributed by atoms with Gasteiger partial charge < -0.3 is 9.47 Å². The van der Waals surface area contributed by atoms with Crippen molar-refractivity contribution >= 4 is 11.6 Å². The SMILES string of the molecule is COC1=C(OC)C(=O)C(C/C=C(/C)CCCC(C)CCCC(C)CCCC(C)C)=C(C)C1=O. The summed E-state index contributed by atoms with van der Waals surface area (Å²) in [5.41, 5.74) is 2.23. The van der Waals surface area contributed by atoms with Crippen molar-refractivity contribution in [1.82, 2.24) is 0 Å². The number of ketones is 2. The average molecular weight is 461 g/mol. The molecule has 0 bridgehead atoms. The van der Waals surface area contributed by atoms with Gasteiger partial charge in [-0.15, -0.1) is 0 Å². The maximum absolute atomic E-state index is 12.7. The van der Waals surface area contributed by atoms with Crippen LogP contribution in [-0.2, 0) is 19.1 Å². The fraction of sp³-hybridized carbons (Fsp3) is 0.724. The number of methoxy groups -OCH3 is 2. The van der Waals surface area contributed by atoms with E-state index in [4.69, 9.17) is 9.47 Å². The highest BCUT2D eigenvalue weighted by Crippen LogP contribution is 2.28. The van der Waals surface area contributed by atoms with Crippen molar-refractivity contribution in [3.8, 4) is 0 Å². The van der Waals surface area contributed by atoms with E-state index < -0.39 is 0 Å². The largest absolute Gasteiger partial charge is 0.489 e. The first-order chi connectivity index (χ1) is 15.6. The van der Waals surface area contributed by atoms with E-state index in [1.165, 1.54) is 64.7 Å². The van der Waals surface area contributed by atoms with Gasteiger partial charge in [0.2, 0.25) is 23.1 Å². The first kappa shape index (κ1) is 29.2. The first-order valence-electron chi connectivity index (χ1n) is 12.9. The number of allylic oxidation sites excluding steroid dienone is 4. The van der Waals surface area contributed by atoms with E-state index in [1.54, 1.807) is 6.92 Å². The Morgan fingerprint density at radius 1 is 0.788 bits per heavy atom. The molecular formula is C29H48O4. The highest BCUT2D eigenvalue weighted by Gasteiger charge is 2.34. The van der Waals surface area contributed by atoms with Gasteiger partial charge in [-0.25, -0.2) is 0 Å². The Morgan fingerprint density at radius 2 is 1.27 bits per heavy atom. The second kappa shape index (κ2) is 15.1. The summed E-state index contributed by atoms with van der Waals surface area (Å²) in [4.78, 5) is 25.2. The van der Waals surface area contributed by atoms with Crippen molar-refractivity contribution in [1.29, 1.82) is 0 Å². The standard InChI is InChI=1S/C29H48O4/c1-20(2)12-9-13-21(3)14-10-15-22(4)16-11-17-23(5)18-19-25-24(6)26(30)28(32-7)29(33-8)27(25)31/h18,20-22H,9-17,19H2,1-8H3/b23-18-. The third kappa shape index (κ3) is 9.90. The molecule has 4 heteroatoms. The topological polar surface area (TPSA) is 52.6 Å². The zero-order chi connectivity index (χ0) is 25.0. The molecular weight excluding hydrogens is 412 g/mol. The fourth-order valence-corrected chi connectivity index (χ4v) is 4.52. The molecule has 0 aromatic heterocycles. The van der Waals surface area contributed by atoms with Gasteiger partial charge in [0, 0.05) is 11.1 Å². The van der Waals surface area contributed by atoms with Crippen molar-refractivity contribution < 1.29 is 19.1 Å². The molecule has 2 atom stereocenters. The zero-order valence-corrected chi connectivity index (χ0v) is 22.5. The molecule has 1 aliphatic carbocycles. The molecule has 4 nitrogen and oxygen atoms in total. The van der Waals surface area contributed by atoms with Crippen molar-refractivity contribution in [2.24, 2.45) is 17.8 Å². The Labute approximate surface area is 202 Å². The predicted molar refractivity (Wildman–Crippen MR) is 137 cm³/mol. The summed E-state index contributed by atoms with van der Waals surface area (Å²) in [6.45, 7) is 13.2. The third-order valence-corrected chi connectivity index (χ3v) is 6.89. The average Bonchev–Trinajstić information content (AvgIpc) is 2.75. The number of hydrogen-bond donors (Lipinski definition) is 0. The van der Waals surface area contributed by atoms with E-state index in [0.29, 0.717) is 17.6 Å². The minimum atomic E-state index is -0.266. The van der Waals surface area contributed by atoms with E-state index in [9.17, 15) is 9.59 Å². The highest BCUT2D eigenvalue weighted by atomic mass is 16.5. The van der Waals surface area contributed by atoms with Gasteiger partial charge in [0.05, 0.1) is 14.2 Å². The van der Waals surface area contributed by atoms with Crippen LogP contribution in [0.15, 0.2) is 34.3 Å². The summed E-state index contributed by atoms with van der Waals surface area (Å²) >= 11 is 0. The normalized spacial score (nSPS) is 17.2. The van der Waals surface area contributed by atoms with Gasteiger partial charge >= 0.3 is 0 Å². The Bertz CT molecular complexity index is 739. The summed E-state index contributed by atoms with van der Waals surface area (Å²) < 4.78 is 10.3. The van der Waals surface area contributed by atoms with E-state index in [2.05, 4.69) is 40.7 Å². The van der Waals surface area contributed by atoms with Crippen LogP contribution in [-0.4, -0.2) is 25.8 Å². The zero-order valence-electron chi connectivity index (χ0n) is 22.5. The maximum Gasteiger partial charge on any atom is 0.228 e. The summed E-state index contributed by atoms with van der Waals surface area (Å²) in [7, 11) is 2.78. The summed E-state index contributed by atoms with van der Waals surface area (Å²) in [5, 5.41) is 0. The molecule has 1 aliphatic rings. The number of rotatable bonds is 16. The smallest absolute Gasteiger partial charge is 0.228 e. The van der Waals surface area contributed by atoms with Gasteiger partial charge in [-0.2, -0.15) is 0 Å². The lowest BCUT2D eigenvalue weighted by Gasteiger charge is -2.19. The van der Waals surface area contributed by atoms with E-state index >= 15 is 0 Å². The van der Waals surface area contributed by atoms with Crippen LogP contribution < -0.4 is 0 Å². The molecule has 0 aliphatic heterocycles. The minimum Gasteiger partial charge on any atom is -0.489 e. The quantitative estimate of drug-likeness (QED) is 0.175. The Balaban J connectivity index is 2.39. The molecule has 2 unspecified atom stereocenters. The number of carbonyl (C=O) groups is 2. The molecule has 0 spiro atoms. The van der Waals surface area contributed by atoms with Crippen LogP contribution in [0, 0.1) is 17.8 Å². The number of Topliss-reactive ketones (excluding diaryl/α,β-unsaturated/α-hetero) is 2. The van der Waals surface area contributed by atoms with Crippen LogP contribution >= 0.6 is 0 Å². The van der Waals surface area contributed by atoms with Crippen LogP contribution in [0.1, 0.15) is 106 Å². The van der Waals surface area contributed by atoms with E-state index in [0.717, 1.165) is 30.6 Å². The van der Waals surface area contributed by atoms with Crippen molar-refractivity contribution in [2.75, 3.05) is 14.2 Å². The molecule has 0 amide bonds. The number of hydrogen-bond acceptors (Lipinski definition) is 4. The molecule has 0 saturated heterocycles. The van der Waals surface area contributed by atoms with Crippen LogP contribution in [0.25, 0.3) is 0 Å². The van der Waals surface area contributed by atoms with Gasteiger partial charge in [0.25, 0.3) is 0 Å². The lowest BCUT2D eigenvalue weighted by Crippen LogP contribution is -2.24. The minimum absolute atomic E-state index is 0.00314. The fourth-order valence-electron chi connectivity index (χ4n) is 4.52. The van der Waals surface area contributed by atoms with Crippen LogP contribution in [0.3, 0.4) is 0 Å². The number of ether oxygens (including phenoxy) is 2. The van der Waals surface area contributed by atoms with Crippen molar-refractivity contribution in [2.45, 2.75) is 106 Å². The third-order valence-electron chi connectivity index (χ3n) is 6.89. The molecule has 0 N–H and O–H groups in total. The van der Waals surface area contributed by atoms with Crippen molar-refractivity contribution in [3.05, 3.63) is 34.3 Å². The monoisotopic (exact) mass is 460 g/mol. The second-order valence-corrected chi connectivity index (χ2v) is 10.4. The maximum atomic E-state index is 12.7.